The number of rotatable bonds is 5. The van der Waals surface area contributed by atoms with Gasteiger partial charge in [0.1, 0.15) is 0 Å². The van der Waals surface area contributed by atoms with Crippen LogP contribution in [-0.2, 0) is 13.0 Å². The van der Waals surface area contributed by atoms with Crippen LogP contribution in [0.4, 0.5) is 0 Å². The summed E-state index contributed by atoms with van der Waals surface area (Å²) in [5.41, 5.74) is 1.08. The maximum atomic E-state index is 4.40. The first-order valence-corrected chi connectivity index (χ1v) is 6.24. The number of thiazole rings is 1. The van der Waals surface area contributed by atoms with Crippen molar-refractivity contribution in [2.24, 2.45) is 0 Å². The summed E-state index contributed by atoms with van der Waals surface area (Å²) in [5, 5.41) is 4.43. The highest BCUT2D eigenvalue weighted by Crippen LogP contribution is 2.15. The number of nitrogens with one attached hydrogen (secondary N) is 1. The van der Waals surface area contributed by atoms with Gasteiger partial charge in [-0.3, -0.25) is 4.98 Å². The standard InChI is InChI=1S/C12H15N3S/c1-2-13-8-11-9-15-12(16-11)7-10-5-3-4-6-14-10/h3-6,9,13H,2,7-8H2,1H3. The summed E-state index contributed by atoms with van der Waals surface area (Å²) in [5.74, 6) is 0. The SMILES string of the molecule is CCNCc1cnc(Cc2ccccn2)s1. The van der Waals surface area contributed by atoms with Gasteiger partial charge in [-0.1, -0.05) is 13.0 Å². The number of aromatic nitrogens is 2. The molecule has 2 heterocycles. The van der Waals surface area contributed by atoms with E-state index in [9.17, 15) is 0 Å². The van der Waals surface area contributed by atoms with Gasteiger partial charge in [0.2, 0.25) is 0 Å². The van der Waals surface area contributed by atoms with Gasteiger partial charge in [-0.25, -0.2) is 4.98 Å². The molecular weight excluding hydrogens is 218 g/mol. The van der Waals surface area contributed by atoms with Gasteiger partial charge in [0.25, 0.3) is 0 Å². The summed E-state index contributed by atoms with van der Waals surface area (Å²) >= 11 is 1.75. The summed E-state index contributed by atoms with van der Waals surface area (Å²) in [6, 6.07) is 5.98. The van der Waals surface area contributed by atoms with Gasteiger partial charge in [0.15, 0.2) is 0 Å². The molecule has 0 atom stereocenters. The molecule has 0 saturated heterocycles. The Morgan fingerprint density at radius 1 is 1.31 bits per heavy atom. The molecule has 0 aliphatic rings. The highest BCUT2D eigenvalue weighted by Gasteiger charge is 2.03. The number of hydrogen-bond donors (Lipinski definition) is 1. The number of pyridine rings is 1. The number of nitrogens with zero attached hydrogens (tertiary/aromatic N) is 2. The fourth-order valence-corrected chi connectivity index (χ4v) is 2.33. The minimum Gasteiger partial charge on any atom is -0.312 e. The summed E-state index contributed by atoms with van der Waals surface area (Å²) in [6.45, 7) is 4.01. The van der Waals surface area contributed by atoms with E-state index >= 15 is 0 Å². The first-order chi connectivity index (χ1) is 7.88. The molecule has 0 fully saturated rings. The van der Waals surface area contributed by atoms with Gasteiger partial charge in [-0.15, -0.1) is 11.3 Å². The lowest BCUT2D eigenvalue weighted by atomic mass is 10.3. The zero-order chi connectivity index (χ0) is 11.2. The maximum Gasteiger partial charge on any atom is 0.0987 e. The quantitative estimate of drug-likeness (QED) is 0.860. The van der Waals surface area contributed by atoms with Crippen molar-refractivity contribution in [3.05, 3.63) is 46.2 Å². The Kier molecular flexibility index (Phi) is 4.02. The smallest absolute Gasteiger partial charge is 0.0987 e. The zero-order valence-electron chi connectivity index (χ0n) is 9.31. The molecule has 2 rings (SSSR count). The molecule has 3 nitrogen and oxygen atoms in total. The van der Waals surface area contributed by atoms with Gasteiger partial charge in [0, 0.05) is 35.9 Å². The lowest BCUT2D eigenvalue weighted by Gasteiger charge is -1.96. The second kappa shape index (κ2) is 5.72. The summed E-state index contributed by atoms with van der Waals surface area (Å²) in [6.07, 6.45) is 4.60. The second-order valence-corrected chi connectivity index (χ2v) is 4.70. The lowest BCUT2D eigenvalue weighted by molar-refractivity contribution is 0.734. The zero-order valence-corrected chi connectivity index (χ0v) is 10.1. The van der Waals surface area contributed by atoms with Crippen molar-refractivity contribution in [1.29, 1.82) is 0 Å². The molecule has 0 aliphatic carbocycles. The Labute approximate surface area is 99.6 Å². The molecule has 2 aromatic heterocycles. The average molecular weight is 233 g/mol. The molecule has 0 aromatic carbocycles. The van der Waals surface area contributed by atoms with Crippen molar-refractivity contribution >= 4 is 11.3 Å². The fourth-order valence-electron chi connectivity index (χ4n) is 1.42. The van der Waals surface area contributed by atoms with Crippen LogP contribution in [0.1, 0.15) is 22.5 Å². The molecule has 2 aromatic rings. The molecule has 0 radical (unpaired) electrons. The highest BCUT2D eigenvalue weighted by atomic mass is 32.1. The third kappa shape index (κ3) is 3.12. The van der Waals surface area contributed by atoms with E-state index in [2.05, 4.69) is 22.2 Å². The van der Waals surface area contributed by atoms with Crippen LogP contribution in [0.2, 0.25) is 0 Å². The molecule has 0 bridgehead atoms. The Hall–Kier alpha value is -1.26. The molecule has 1 N–H and O–H groups in total. The van der Waals surface area contributed by atoms with Gasteiger partial charge in [-0.2, -0.15) is 0 Å². The minimum absolute atomic E-state index is 0.831. The molecule has 0 amide bonds. The molecule has 0 unspecified atom stereocenters. The summed E-state index contributed by atoms with van der Waals surface area (Å²) in [7, 11) is 0. The van der Waals surface area contributed by atoms with Gasteiger partial charge in [0.05, 0.1) is 5.01 Å². The largest absolute Gasteiger partial charge is 0.312 e. The molecule has 4 heteroatoms. The van der Waals surface area contributed by atoms with Crippen LogP contribution in [0.15, 0.2) is 30.6 Å². The van der Waals surface area contributed by atoms with Crippen LogP contribution in [0.25, 0.3) is 0 Å². The topological polar surface area (TPSA) is 37.8 Å². The summed E-state index contributed by atoms with van der Waals surface area (Å²) < 4.78 is 0. The first-order valence-electron chi connectivity index (χ1n) is 5.42. The van der Waals surface area contributed by atoms with Crippen molar-refractivity contribution in [2.45, 2.75) is 19.9 Å². The van der Waals surface area contributed by atoms with Gasteiger partial charge >= 0.3 is 0 Å². The third-order valence-electron chi connectivity index (χ3n) is 2.21. The van der Waals surface area contributed by atoms with Gasteiger partial charge in [-0.05, 0) is 18.7 Å². The lowest BCUT2D eigenvalue weighted by Crippen LogP contribution is -2.10. The predicted molar refractivity (Wildman–Crippen MR) is 66.5 cm³/mol. The van der Waals surface area contributed by atoms with Crippen molar-refractivity contribution < 1.29 is 0 Å². The highest BCUT2D eigenvalue weighted by molar-refractivity contribution is 7.11. The van der Waals surface area contributed by atoms with E-state index in [4.69, 9.17) is 0 Å². The van der Waals surface area contributed by atoms with Crippen LogP contribution in [0, 0.1) is 0 Å². The van der Waals surface area contributed by atoms with Crippen LogP contribution >= 0.6 is 11.3 Å². The van der Waals surface area contributed by atoms with Gasteiger partial charge < -0.3 is 5.32 Å². The second-order valence-electron chi connectivity index (χ2n) is 3.50. The predicted octanol–water partition coefficient (Wildman–Crippen LogP) is 2.24. The molecule has 16 heavy (non-hydrogen) atoms. The third-order valence-corrected chi connectivity index (χ3v) is 3.21. The van der Waals surface area contributed by atoms with E-state index in [1.54, 1.807) is 11.3 Å². The Bertz CT molecular complexity index is 425. The number of hydrogen-bond acceptors (Lipinski definition) is 4. The average Bonchev–Trinajstić information content (AvgIpc) is 2.75. The van der Waals surface area contributed by atoms with Crippen LogP contribution in [0.3, 0.4) is 0 Å². The Morgan fingerprint density at radius 3 is 3.00 bits per heavy atom. The summed E-state index contributed by atoms with van der Waals surface area (Å²) in [4.78, 5) is 9.98. The van der Waals surface area contributed by atoms with Crippen LogP contribution in [-0.4, -0.2) is 16.5 Å². The van der Waals surface area contributed by atoms with E-state index in [1.807, 2.05) is 30.6 Å². The van der Waals surface area contributed by atoms with E-state index in [0.29, 0.717) is 0 Å². The fraction of sp³-hybridized carbons (Fsp3) is 0.333. The van der Waals surface area contributed by atoms with Crippen molar-refractivity contribution in [3.63, 3.8) is 0 Å². The van der Waals surface area contributed by atoms with E-state index in [1.165, 1.54) is 4.88 Å². The Morgan fingerprint density at radius 2 is 2.25 bits per heavy atom. The normalized spacial score (nSPS) is 10.6. The van der Waals surface area contributed by atoms with E-state index in [0.717, 1.165) is 30.2 Å². The monoisotopic (exact) mass is 233 g/mol. The molecule has 0 spiro atoms. The van der Waals surface area contributed by atoms with E-state index < -0.39 is 0 Å². The molecule has 84 valence electrons. The molecule has 0 aliphatic heterocycles. The van der Waals surface area contributed by atoms with Crippen molar-refractivity contribution in [3.8, 4) is 0 Å². The van der Waals surface area contributed by atoms with Crippen LogP contribution < -0.4 is 5.32 Å². The minimum atomic E-state index is 0.831. The van der Waals surface area contributed by atoms with E-state index in [-0.39, 0.29) is 0 Å². The molecular formula is C12H15N3S. The van der Waals surface area contributed by atoms with Crippen LogP contribution in [0.5, 0.6) is 0 Å². The van der Waals surface area contributed by atoms with Crippen molar-refractivity contribution in [1.82, 2.24) is 15.3 Å². The first kappa shape index (κ1) is 11.2. The molecule has 0 saturated carbocycles. The Balaban J connectivity index is 1.97. The van der Waals surface area contributed by atoms with Crippen molar-refractivity contribution in [2.75, 3.05) is 6.54 Å². The maximum absolute atomic E-state index is 4.40.